The molecule has 2 amide bonds. The van der Waals surface area contributed by atoms with Crippen LogP contribution in [-0.4, -0.2) is 28.8 Å². The number of benzene rings is 3. The van der Waals surface area contributed by atoms with E-state index < -0.39 is 6.04 Å². The number of hydrogen-bond acceptors (Lipinski definition) is 2. The first-order valence-corrected chi connectivity index (χ1v) is 12.1. The van der Waals surface area contributed by atoms with E-state index >= 15 is 0 Å². The molecular weight excluding hydrogens is 455 g/mol. The van der Waals surface area contributed by atoms with Crippen LogP contribution in [0.15, 0.2) is 60.7 Å². The van der Waals surface area contributed by atoms with Gasteiger partial charge in [0, 0.05) is 29.1 Å². The van der Waals surface area contributed by atoms with Crippen molar-refractivity contribution in [3.05, 3.63) is 81.8 Å². The van der Waals surface area contributed by atoms with Crippen molar-refractivity contribution in [1.29, 1.82) is 0 Å². The largest absolute Gasteiger partial charge is 0.352 e. The van der Waals surface area contributed by atoms with Crippen molar-refractivity contribution in [2.24, 2.45) is 0 Å². The van der Waals surface area contributed by atoms with E-state index in [1.54, 1.807) is 30.0 Å². The molecule has 3 rings (SSSR count). The van der Waals surface area contributed by atoms with E-state index in [2.05, 4.69) is 29.6 Å². The summed E-state index contributed by atoms with van der Waals surface area (Å²) < 4.78 is 0. The first-order chi connectivity index (χ1) is 15.8. The highest BCUT2D eigenvalue weighted by molar-refractivity contribution is 6.35. The first kappa shape index (κ1) is 25.1. The monoisotopic (exact) mass is 484 g/mol. The van der Waals surface area contributed by atoms with E-state index in [4.69, 9.17) is 23.2 Å². The maximum atomic E-state index is 13.4. The molecule has 0 aromatic heterocycles. The number of rotatable bonds is 9. The number of nitrogens with one attached hydrogen (secondary N) is 1. The van der Waals surface area contributed by atoms with Crippen molar-refractivity contribution in [3.63, 3.8) is 0 Å². The third-order valence-electron chi connectivity index (χ3n) is 6.01. The maximum absolute atomic E-state index is 13.4. The van der Waals surface area contributed by atoms with Crippen molar-refractivity contribution in [2.75, 3.05) is 0 Å². The van der Waals surface area contributed by atoms with Crippen molar-refractivity contribution in [3.8, 4) is 0 Å². The smallest absolute Gasteiger partial charge is 0.242 e. The van der Waals surface area contributed by atoms with Gasteiger partial charge < -0.3 is 10.2 Å². The summed E-state index contributed by atoms with van der Waals surface area (Å²) in [4.78, 5) is 27.9. The average molecular weight is 485 g/mol. The molecule has 4 nitrogen and oxygen atoms in total. The van der Waals surface area contributed by atoms with Gasteiger partial charge in [-0.25, -0.2) is 0 Å². The van der Waals surface area contributed by atoms with E-state index in [9.17, 15) is 9.59 Å². The van der Waals surface area contributed by atoms with Crippen LogP contribution in [0.5, 0.6) is 0 Å². The van der Waals surface area contributed by atoms with Crippen LogP contribution in [0.4, 0.5) is 0 Å². The van der Waals surface area contributed by atoms with Gasteiger partial charge in [-0.05, 0) is 60.7 Å². The average Bonchev–Trinajstić information content (AvgIpc) is 2.81. The zero-order valence-electron chi connectivity index (χ0n) is 19.3. The lowest BCUT2D eigenvalue weighted by molar-refractivity contribution is -0.140. The van der Waals surface area contributed by atoms with Gasteiger partial charge in [-0.15, -0.1) is 0 Å². The van der Waals surface area contributed by atoms with Crippen molar-refractivity contribution in [1.82, 2.24) is 10.2 Å². The number of hydrogen-bond donors (Lipinski definition) is 1. The van der Waals surface area contributed by atoms with Gasteiger partial charge in [-0.1, -0.05) is 78.7 Å². The fourth-order valence-electron chi connectivity index (χ4n) is 3.78. The molecule has 0 aliphatic rings. The van der Waals surface area contributed by atoms with Gasteiger partial charge in [0.2, 0.25) is 11.8 Å². The fourth-order valence-corrected chi connectivity index (χ4v) is 4.25. The van der Waals surface area contributed by atoms with Gasteiger partial charge in [0.15, 0.2) is 0 Å². The maximum Gasteiger partial charge on any atom is 0.242 e. The number of halogens is 2. The highest BCUT2D eigenvalue weighted by Gasteiger charge is 2.27. The molecule has 0 radical (unpaired) electrons. The summed E-state index contributed by atoms with van der Waals surface area (Å²) in [6.45, 7) is 5.96. The Labute approximate surface area is 205 Å². The summed E-state index contributed by atoms with van der Waals surface area (Å²) in [6, 6.07) is 18.9. The van der Waals surface area contributed by atoms with Crippen LogP contribution in [0.1, 0.15) is 44.7 Å². The Hall–Kier alpha value is -2.56. The number of amides is 2. The van der Waals surface area contributed by atoms with Gasteiger partial charge >= 0.3 is 0 Å². The summed E-state index contributed by atoms with van der Waals surface area (Å²) in [5.41, 5.74) is 1.87. The van der Waals surface area contributed by atoms with Gasteiger partial charge in [0.25, 0.3) is 0 Å². The van der Waals surface area contributed by atoms with Gasteiger partial charge in [0.1, 0.15) is 6.04 Å². The number of nitrogens with zero attached hydrogens (tertiary/aromatic N) is 1. The normalized spacial score (nSPS) is 12.9. The molecule has 174 valence electrons. The topological polar surface area (TPSA) is 49.4 Å². The fraction of sp³-hybridized carbons (Fsp3) is 0.333. The van der Waals surface area contributed by atoms with Gasteiger partial charge in [-0.2, -0.15) is 0 Å². The quantitative estimate of drug-likeness (QED) is 0.381. The second-order valence-corrected chi connectivity index (χ2v) is 9.23. The zero-order valence-corrected chi connectivity index (χ0v) is 20.8. The van der Waals surface area contributed by atoms with Crippen molar-refractivity contribution >= 4 is 45.8 Å². The molecule has 0 aliphatic carbocycles. The standard InChI is InChI=1S/C27H30Cl2N2O2/c1-4-18(2)30-27(33)19(3)31(17-22-12-14-23(28)16-25(22)29)26(32)15-13-21-10-7-9-20-8-5-6-11-24(20)21/h5-12,14,16,18-19H,4,13,15,17H2,1-3H3,(H,30,33)/t18-,19-/m0/s1. The summed E-state index contributed by atoms with van der Waals surface area (Å²) in [5.74, 6) is -0.270. The summed E-state index contributed by atoms with van der Waals surface area (Å²) in [7, 11) is 0. The molecule has 2 atom stereocenters. The Morgan fingerprint density at radius 2 is 1.70 bits per heavy atom. The minimum Gasteiger partial charge on any atom is -0.352 e. The van der Waals surface area contributed by atoms with E-state index in [0.29, 0.717) is 22.9 Å². The molecule has 3 aromatic rings. The molecule has 0 heterocycles. The molecule has 0 unspecified atom stereocenters. The summed E-state index contributed by atoms with van der Waals surface area (Å²) >= 11 is 12.4. The van der Waals surface area contributed by atoms with Crippen molar-refractivity contribution < 1.29 is 9.59 Å². The minimum absolute atomic E-state index is 0.0340. The second-order valence-electron chi connectivity index (χ2n) is 8.39. The summed E-state index contributed by atoms with van der Waals surface area (Å²) in [6.07, 6.45) is 1.70. The molecule has 1 N–H and O–H groups in total. The lowest BCUT2D eigenvalue weighted by atomic mass is 10.0. The summed E-state index contributed by atoms with van der Waals surface area (Å²) in [5, 5.41) is 6.28. The predicted octanol–water partition coefficient (Wildman–Crippen LogP) is 6.41. The van der Waals surface area contributed by atoms with Gasteiger partial charge in [-0.3, -0.25) is 9.59 Å². The van der Waals surface area contributed by atoms with Crippen LogP contribution in [0.2, 0.25) is 10.0 Å². The van der Waals surface area contributed by atoms with Crippen LogP contribution in [0.25, 0.3) is 10.8 Å². The van der Waals surface area contributed by atoms with Crippen LogP contribution < -0.4 is 5.32 Å². The molecule has 0 saturated heterocycles. The van der Waals surface area contributed by atoms with Crippen LogP contribution in [0, 0.1) is 0 Å². The molecule has 0 saturated carbocycles. The van der Waals surface area contributed by atoms with E-state index in [1.807, 2.05) is 32.0 Å². The highest BCUT2D eigenvalue weighted by Crippen LogP contribution is 2.24. The molecule has 0 fully saturated rings. The Morgan fingerprint density at radius 3 is 2.42 bits per heavy atom. The first-order valence-electron chi connectivity index (χ1n) is 11.3. The molecule has 6 heteroatoms. The van der Waals surface area contributed by atoms with E-state index in [-0.39, 0.29) is 24.4 Å². The van der Waals surface area contributed by atoms with Crippen molar-refractivity contribution in [2.45, 2.75) is 58.7 Å². The Kier molecular flexibility index (Phi) is 8.76. The number of aryl methyl sites for hydroxylation is 1. The Bertz CT molecular complexity index is 1130. The SMILES string of the molecule is CC[C@H](C)NC(=O)[C@H](C)N(Cc1ccc(Cl)cc1Cl)C(=O)CCc1cccc2ccccc12. The molecule has 0 spiro atoms. The third kappa shape index (κ3) is 6.49. The molecule has 3 aromatic carbocycles. The Balaban J connectivity index is 1.82. The highest BCUT2D eigenvalue weighted by atomic mass is 35.5. The zero-order chi connectivity index (χ0) is 24.0. The molecular formula is C27H30Cl2N2O2. The minimum atomic E-state index is -0.634. The number of carbonyl (C=O) groups is 2. The molecule has 33 heavy (non-hydrogen) atoms. The van der Waals surface area contributed by atoms with Crippen LogP contribution >= 0.6 is 23.2 Å². The molecule has 0 aliphatic heterocycles. The second kappa shape index (κ2) is 11.5. The number of carbonyl (C=O) groups excluding carboxylic acids is 2. The van der Waals surface area contributed by atoms with Crippen LogP contribution in [0.3, 0.4) is 0 Å². The number of fused-ring (bicyclic) bond motifs is 1. The lowest BCUT2D eigenvalue weighted by Gasteiger charge is -2.30. The van der Waals surface area contributed by atoms with E-state index in [0.717, 1.165) is 28.3 Å². The van der Waals surface area contributed by atoms with E-state index in [1.165, 1.54) is 0 Å². The third-order valence-corrected chi connectivity index (χ3v) is 6.60. The van der Waals surface area contributed by atoms with Gasteiger partial charge in [0.05, 0.1) is 0 Å². The lowest BCUT2D eigenvalue weighted by Crippen LogP contribution is -2.49. The predicted molar refractivity (Wildman–Crippen MR) is 137 cm³/mol. The molecule has 0 bridgehead atoms. The van der Waals surface area contributed by atoms with Crippen LogP contribution in [-0.2, 0) is 22.6 Å². The Morgan fingerprint density at radius 1 is 0.970 bits per heavy atom.